The molecule has 0 N–H and O–H groups in total. The number of sulfonamides is 1. The normalized spacial score (nSPS) is 11.5. The number of benzene rings is 3. The third-order valence-electron chi connectivity index (χ3n) is 7.65. The summed E-state index contributed by atoms with van der Waals surface area (Å²) in [6, 6.07) is 25.1. The summed E-state index contributed by atoms with van der Waals surface area (Å²) in [5.41, 5.74) is 5.72. The molecular formula is C35H34BrN3O5S. The highest BCUT2D eigenvalue weighted by atomic mass is 79.9. The number of aromatic nitrogens is 2. The number of carbonyl (C=O) groups excluding carboxylic acids is 2. The highest BCUT2D eigenvalue weighted by Gasteiger charge is 2.28. The van der Waals surface area contributed by atoms with Gasteiger partial charge in [0, 0.05) is 27.7 Å². The number of hydrogen-bond acceptors (Lipinski definition) is 6. The van der Waals surface area contributed by atoms with Gasteiger partial charge < -0.3 is 9.30 Å². The fourth-order valence-corrected chi connectivity index (χ4v) is 7.57. The standard InChI is InChI=1S/C35H34BrN3O5S/c1-4-6-11-27-21-29-24(3)20-31(35(41)44-5-2)37-34(29)38(27)22-25-16-18-26(19-17-25)28-12-7-9-14-32(28)39(23-40)45(42,43)33-15-10-8-13-30(33)36/h7-10,12-21,23H,4-6,11,22H2,1-3H3. The van der Waals surface area contributed by atoms with Crippen LogP contribution < -0.4 is 4.31 Å². The van der Waals surface area contributed by atoms with E-state index in [2.05, 4.69) is 33.5 Å². The van der Waals surface area contributed by atoms with E-state index >= 15 is 0 Å². The molecule has 0 atom stereocenters. The Morgan fingerprint density at radius 1 is 1.00 bits per heavy atom. The van der Waals surface area contributed by atoms with Crippen molar-refractivity contribution < 1.29 is 22.7 Å². The monoisotopic (exact) mass is 687 g/mol. The first kappa shape index (κ1) is 32.1. The molecule has 0 spiro atoms. The van der Waals surface area contributed by atoms with E-state index < -0.39 is 16.0 Å². The number of rotatable bonds is 12. The number of ether oxygens (including phenoxy) is 1. The lowest BCUT2D eigenvalue weighted by molar-refractivity contribution is -0.106. The van der Waals surface area contributed by atoms with Crippen LogP contribution in [0.5, 0.6) is 0 Å². The molecule has 2 aromatic heterocycles. The molecule has 1 amide bonds. The maximum absolute atomic E-state index is 13.6. The average molecular weight is 689 g/mol. The number of fused-ring (bicyclic) bond motifs is 1. The largest absolute Gasteiger partial charge is 0.461 e. The number of anilines is 1. The van der Waals surface area contributed by atoms with Gasteiger partial charge in [0.25, 0.3) is 10.0 Å². The van der Waals surface area contributed by atoms with Gasteiger partial charge in [-0.1, -0.05) is 67.9 Å². The Hall–Kier alpha value is -4.28. The molecule has 0 saturated carbocycles. The smallest absolute Gasteiger partial charge is 0.357 e. The molecule has 0 fully saturated rings. The van der Waals surface area contributed by atoms with Crippen molar-refractivity contribution >= 4 is 55.1 Å². The van der Waals surface area contributed by atoms with E-state index in [1.54, 1.807) is 49.4 Å². The minimum Gasteiger partial charge on any atom is -0.461 e. The summed E-state index contributed by atoms with van der Waals surface area (Å²) in [7, 11) is -4.18. The van der Waals surface area contributed by atoms with Gasteiger partial charge in [-0.05, 0) is 89.6 Å². The molecule has 8 nitrogen and oxygen atoms in total. The minimum absolute atomic E-state index is 0.00459. The van der Waals surface area contributed by atoms with Crippen LogP contribution in [-0.2, 0) is 32.5 Å². The van der Waals surface area contributed by atoms with Gasteiger partial charge in [-0.2, -0.15) is 0 Å². The molecule has 3 aromatic carbocycles. The fraction of sp³-hybridized carbons (Fsp3) is 0.229. The maximum atomic E-state index is 13.6. The van der Waals surface area contributed by atoms with E-state index in [0.717, 1.165) is 57.0 Å². The van der Waals surface area contributed by atoms with Crippen molar-refractivity contribution in [3.63, 3.8) is 0 Å². The lowest BCUT2D eigenvalue weighted by atomic mass is 10.0. The highest BCUT2D eigenvalue weighted by Crippen LogP contribution is 2.35. The average Bonchev–Trinajstić information content (AvgIpc) is 3.38. The van der Waals surface area contributed by atoms with Crippen molar-refractivity contribution in [2.45, 2.75) is 51.5 Å². The van der Waals surface area contributed by atoms with E-state index in [9.17, 15) is 18.0 Å². The first-order chi connectivity index (χ1) is 21.7. The van der Waals surface area contributed by atoms with Crippen LogP contribution in [0.15, 0.2) is 94.3 Å². The van der Waals surface area contributed by atoms with Crippen LogP contribution in [0.4, 0.5) is 5.69 Å². The van der Waals surface area contributed by atoms with Crippen LogP contribution in [0, 0.1) is 6.92 Å². The summed E-state index contributed by atoms with van der Waals surface area (Å²) in [6.45, 7) is 6.71. The van der Waals surface area contributed by atoms with Gasteiger partial charge in [-0.15, -0.1) is 0 Å². The van der Waals surface area contributed by atoms with Crippen molar-refractivity contribution in [2.75, 3.05) is 10.9 Å². The van der Waals surface area contributed by atoms with E-state index in [-0.39, 0.29) is 22.9 Å². The number of carbonyl (C=O) groups is 2. The molecule has 0 aliphatic carbocycles. The predicted octanol–water partition coefficient (Wildman–Crippen LogP) is 7.69. The molecular weight excluding hydrogens is 654 g/mol. The van der Waals surface area contributed by atoms with E-state index in [4.69, 9.17) is 9.72 Å². The number of para-hydroxylation sites is 1. The predicted molar refractivity (Wildman–Crippen MR) is 180 cm³/mol. The zero-order valence-electron chi connectivity index (χ0n) is 25.4. The quantitative estimate of drug-likeness (QED) is 0.0985. The highest BCUT2D eigenvalue weighted by molar-refractivity contribution is 9.10. The molecule has 232 valence electrons. The molecule has 0 radical (unpaired) electrons. The SMILES string of the molecule is CCCCc1cc2c(C)cc(C(=O)OCC)nc2n1Cc1ccc(-c2ccccc2N(C=O)S(=O)(=O)c2ccccc2Br)cc1. The third-order valence-corrected chi connectivity index (χ3v) is 10.3. The molecule has 0 aliphatic heterocycles. The Balaban J connectivity index is 1.51. The summed E-state index contributed by atoms with van der Waals surface area (Å²) in [5, 5.41) is 1.000. The summed E-state index contributed by atoms with van der Waals surface area (Å²) in [6.07, 6.45) is 3.27. The number of unbranched alkanes of at least 4 members (excludes halogenated alkanes) is 1. The molecule has 0 unspecified atom stereocenters. The lowest BCUT2D eigenvalue weighted by Gasteiger charge is -2.21. The Bertz CT molecular complexity index is 1970. The van der Waals surface area contributed by atoms with Crippen LogP contribution >= 0.6 is 15.9 Å². The summed E-state index contributed by atoms with van der Waals surface area (Å²) in [4.78, 5) is 29.6. The number of nitrogens with zero attached hydrogens (tertiary/aromatic N) is 3. The number of pyridine rings is 1. The molecule has 2 heterocycles. The number of aryl methyl sites for hydroxylation is 2. The Morgan fingerprint density at radius 2 is 1.71 bits per heavy atom. The van der Waals surface area contributed by atoms with E-state index in [1.807, 2.05) is 37.3 Å². The summed E-state index contributed by atoms with van der Waals surface area (Å²) < 4.78 is 35.7. The molecule has 45 heavy (non-hydrogen) atoms. The number of amides is 1. The molecule has 0 bridgehead atoms. The zero-order valence-corrected chi connectivity index (χ0v) is 27.8. The van der Waals surface area contributed by atoms with E-state index in [1.165, 1.54) is 6.07 Å². The van der Waals surface area contributed by atoms with Crippen molar-refractivity contribution in [2.24, 2.45) is 0 Å². The molecule has 5 rings (SSSR count). The number of hydrogen-bond donors (Lipinski definition) is 0. The van der Waals surface area contributed by atoms with Crippen LogP contribution in [0.25, 0.3) is 22.2 Å². The van der Waals surface area contributed by atoms with E-state index in [0.29, 0.717) is 23.0 Å². The van der Waals surface area contributed by atoms with Gasteiger partial charge in [0.2, 0.25) is 6.41 Å². The van der Waals surface area contributed by atoms with Crippen LogP contribution in [-0.4, -0.2) is 37.0 Å². The molecule has 0 aliphatic rings. The zero-order chi connectivity index (χ0) is 32.1. The lowest BCUT2D eigenvalue weighted by Crippen LogP contribution is -2.30. The van der Waals surface area contributed by atoms with Gasteiger partial charge in [-0.3, -0.25) is 4.79 Å². The van der Waals surface area contributed by atoms with Gasteiger partial charge >= 0.3 is 5.97 Å². The van der Waals surface area contributed by atoms with Gasteiger partial charge in [0.15, 0.2) is 5.69 Å². The fourth-order valence-electron chi connectivity index (χ4n) is 5.37. The van der Waals surface area contributed by atoms with Gasteiger partial charge in [0.05, 0.1) is 12.3 Å². The van der Waals surface area contributed by atoms with Crippen molar-refractivity contribution in [3.8, 4) is 11.1 Å². The number of esters is 1. The maximum Gasteiger partial charge on any atom is 0.357 e. The van der Waals surface area contributed by atoms with Crippen molar-refractivity contribution in [1.29, 1.82) is 0 Å². The first-order valence-corrected chi connectivity index (χ1v) is 17.0. The first-order valence-electron chi connectivity index (χ1n) is 14.8. The van der Waals surface area contributed by atoms with Crippen molar-refractivity contribution in [3.05, 3.63) is 112 Å². The Labute approximate surface area is 271 Å². The Morgan fingerprint density at radius 3 is 2.40 bits per heavy atom. The summed E-state index contributed by atoms with van der Waals surface area (Å²) >= 11 is 3.30. The third kappa shape index (κ3) is 6.57. The molecule has 0 saturated heterocycles. The molecule has 5 aromatic rings. The minimum atomic E-state index is -4.18. The number of halogens is 1. The van der Waals surface area contributed by atoms with Crippen molar-refractivity contribution in [1.82, 2.24) is 9.55 Å². The topological polar surface area (TPSA) is 98.6 Å². The van der Waals surface area contributed by atoms with Gasteiger partial charge in [-0.25, -0.2) is 22.5 Å². The summed E-state index contributed by atoms with van der Waals surface area (Å²) in [5.74, 6) is -0.445. The van der Waals surface area contributed by atoms with Gasteiger partial charge in [0.1, 0.15) is 10.5 Å². The second kappa shape index (κ2) is 13.8. The van der Waals surface area contributed by atoms with Crippen LogP contribution in [0.1, 0.15) is 54.0 Å². The second-order valence-corrected chi connectivity index (χ2v) is 13.3. The van der Waals surface area contributed by atoms with Crippen LogP contribution in [0.3, 0.4) is 0 Å². The Kier molecular flexibility index (Phi) is 9.84. The van der Waals surface area contributed by atoms with Crippen LogP contribution in [0.2, 0.25) is 0 Å². The second-order valence-electron chi connectivity index (χ2n) is 10.7. The molecule has 10 heteroatoms.